The van der Waals surface area contributed by atoms with E-state index in [2.05, 4.69) is 9.36 Å². The highest BCUT2D eigenvalue weighted by Crippen LogP contribution is 2.36. The molecule has 0 atom stereocenters. The maximum Gasteiger partial charge on any atom is 0.139 e. The quantitative estimate of drug-likeness (QED) is 0.619. The predicted molar refractivity (Wildman–Crippen MR) is 41.2 cm³/mol. The first-order valence-corrected chi connectivity index (χ1v) is 4.44. The van der Waals surface area contributed by atoms with Gasteiger partial charge in [-0.25, -0.2) is 4.98 Å². The molecule has 1 saturated carbocycles. The van der Waals surface area contributed by atoms with Crippen LogP contribution in [0.25, 0.3) is 0 Å². The number of hydrogen-bond acceptors (Lipinski definition) is 3. The second-order valence-electron chi connectivity index (χ2n) is 2.81. The Hall–Kier alpha value is -0.440. The van der Waals surface area contributed by atoms with Gasteiger partial charge in [-0.2, -0.15) is 4.37 Å². The molecule has 0 N–H and O–H groups in total. The lowest BCUT2D eigenvalue weighted by atomic mass is 9.86. The summed E-state index contributed by atoms with van der Waals surface area (Å²) >= 11 is 1.57. The van der Waals surface area contributed by atoms with E-state index in [1.807, 2.05) is 6.92 Å². The fourth-order valence-electron chi connectivity index (χ4n) is 1.13. The van der Waals surface area contributed by atoms with E-state index in [-0.39, 0.29) is 0 Å². The third-order valence-corrected chi connectivity index (χ3v) is 2.96. The second-order valence-corrected chi connectivity index (χ2v) is 3.59. The fraction of sp³-hybridized carbons (Fsp3) is 0.714. The Balaban J connectivity index is 2.17. The summed E-state index contributed by atoms with van der Waals surface area (Å²) in [6, 6.07) is 0. The van der Waals surface area contributed by atoms with Gasteiger partial charge in [-0.05, 0) is 31.3 Å². The van der Waals surface area contributed by atoms with Crippen LogP contribution in [0.15, 0.2) is 0 Å². The second kappa shape index (κ2) is 2.31. The van der Waals surface area contributed by atoms with Gasteiger partial charge >= 0.3 is 0 Å². The minimum absolute atomic E-state index is 0.756. The highest BCUT2D eigenvalue weighted by molar-refractivity contribution is 7.05. The first kappa shape index (κ1) is 6.28. The van der Waals surface area contributed by atoms with Gasteiger partial charge in [0.05, 0.1) is 0 Å². The van der Waals surface area contributed by atoms with Crippen LogP contribution in [0.5, 0.6) is 0 Å². The molecule has 1 aliphatic rings. The Morgan fingerprint density at radius 3 is 2.70 bits per heavy atom. The van der Waals surface area contributed by atoms with Gasteiger partial charge in [0.1, 0.15) is 10.8 Å². The summed E-state index contributed by atoms with van der Waals surface area (Å²) in [6.07, 6.45) is 4.03. The predicted octanol–water partition coefficient (Wildman–Crippen LogP) is 2.11. The van der Waals surface area contributed by atoms with Crippen LogP contribution in [0.1, 0.15) is 36.0 Å². The summed E-state index contributed by atoms with van der Waals surface area (Å²) in [5, 5.41) is 1.25. The molecular weight excluding hydrogens is 144 g/mol. The van der Waals surface area contributed by atoms with E-state index < -0.39 is 0 Å². The van der Waals surface area contributed by atoms with Crippen molar-refractivity contribution in [2.45, 2.75) is 32.1 Å². The molecule has 2 nitrogen and oxygen atoms in total. The fourth-order valence-corrected chi connectivity index (χ4v) is 1.96. The number of hydrogen-bond donors (Lipinski definition) is 0. The summed E-state index contributed by atoms with van der Waals surface area (Å²) < 4.78 is 4.15. The lowest BCUT2D eigenvalue weighted by Gasteiger charge is -2.21. The molecule has 0 radical (unpaired) electrons. The van der Waals surface area contributed by atoms with Crippen molar-refractivity contribution in [3.8, 4) is 0 Å². The van der Waals surface area contributed by atoms with Crippen molar-refractivity contribution in [1.29, 1.82) is 0 Å². The van der Waals surface area contributed by atoms with Gasteiger partial charge < -0.3 is 0 Å². The van der Waals surface area contributed by atoms with Gasteiger partial charge in [0.15, 0.2) is 0 Å². The van der Waals surface area contributed by atoms with Gasteiger partial charge in [-0.1, -0.05) is 6.42 Å². The third-order valence-electron chi connectivity index (χ3n) is 2.00. The zero-order chi connectivity index (χ0) is 6.97. The molecule has 10 heavy (non-hydrogen) atoms. The van der Waals surface area contributed by atoms with Gasteiger partial charge in [0.25, 0.3) is 0 Å². The van der Waals surface area contributed by atoms with Gasteiger partial charge in [-0.3, -0.25) is 0 Å². The highest BCUT2D eigenvalue weighted by Gasteiger charge is 2.22. The molecule has 1 heterocycles. The molecule has 0 unspecified atom stereocenters. The first-order chi connectivity index (χ1) is 4.86. The third kappa shape index (κ3) is 0.944. The van der Waals surface area contributed by atoms with Gasteiger partial charge in [0, 0.05) is 5.92 Å². The molecule has 0 saturated heterocycles. The van der Waals surface area contributed by atoms with Crippen molar-refractivity contribution < 1.29 is 0 Å². The topological polar surface area (TPSA) is 25.8 Å². The standard InChI is InChI=1S/C7H10N2S/c1-5-8-7(10-9-5)6-3-2-4-6/h6H,2-4H2,1H3. The largest absolute Gasteiger partial charge is 0.225 e. The Morgan fingerprint density at radius 1 is 1.50 bits per heavy atom. The maximum absolute atomic E-state index is 4.34. The van der Waals surface area contributed by atoms with E-state index in [4.69, 9.17) is 0 Å². The molecule has 0 bridgehead atoms. The lowest BCUT2D eigenvalue weighted by molar-refractivity contribution is 0.418. The van der Waals surface area contributed by atoms with Crippen molar-refractivity contribution in [3.63, 3.8) is 0 Å². The zero-order valence-electron chi connectivity index (χ0n) is 6.00. The molecule has 1 aliphatic carbocycles. The maximum atomic E-state index is 4.34. The Bertz CT molecular complexity index is 227. The zero-order valence-corrected chi connectivity index (χ0v) is 6.82. The average molecular weight is 154 g/mol. The van der Waals surface area contributed by atoms with Crippen molar-refractivity contribution in [3.05, 3.63) is 10.8 Å². The molecule has 2 rings (SSSR count). The SMILES string of the molecule is Cc1nsc(C2CCC2)n1. The molecule has 3 heteroatoms. The molecule has 0 amide bonds. The van der Waals surface area contributed by atoms with Crippen LogP contribution in [0.4, 0.5) is 0 Å². The molecule has 0 spiro atoms. The minimum atomic E-state index is 0.756. The lowest BCUT2D eigenvalue weighted by Crippen LogP contribution is -2.07. The number of nitrogens with zero attached hydrogens (tertiary/aromatic N) is 2. The Morgan fingerprint density at radius 2 is 2.30 bits per heavy atom. The highest BCUT2D eigenvalue weighted by atomic mass is 32.1. The van der Waals surface area contributed by atoms with Crippen LogP contribution in [0.2, 0.25) is 0 Å². The molecule has 0 aromatic carbocycles. The summed E-state index contributed by atoms with van der Waals surface area (Å²) in [7, 11) is 0. The number of rotatable bonds is 1. The molecule has 54 valence electrons. The van der Waals surface area contributed by atoms with Crippen LogP contribution in [0, 0.1) is 6.92 Å². The summed E-state index contributed by atoms with van der Waals surface area (Å²) in [5.74, 6) is 1.69. The average Bonchev–Trinajstić information content (AvgIpc) is 2.10. The molecule has 1 aromatic heterocycles. The normalized spacial score (nSPS) is 18.9. The minimum Gasteiger partial charge on any atom is -0.225 e. The summed E-state index contributed by atoms with van der Waals surface area (Å²) in [6.45, 7) is 1.96. The van der Waals surface area contributed by atoms with E-state index >= 15 is 0 Å². The number of aromatic nitrogens is 2. The van der Waals surface area contributed by atoms with Crippen LogP contribution >= 0.6 is 11.5 Å². The van der Waals surface area contributed by atoms with Crippen LogP contribution in [-0.2, 0) is 0 Å². The van der Waals surface area contributed by atoms with Gasteiger partial charge in [-0.15, -0.1) is 0 Å². The molecule has 1 aromatic rings. The van der Waals surface area contributed by atoms with Crippen molar-refractivity contribution in [2.24, 2.45) is 0 Å². The van der Waals surface area contributed by atoms with Crippen LogP contribution in [0.3, 0.4) is 0 Å². The van der Waals surface area contributed by atoms with E-state index in [0.717, 1.165) is 11.7 Å². The first-order valence-electron chi connectivity index (χ1n) is 3.66. The smallest absolute Gasteiger partial charge is 0.139 e. The van der Waals surface area contributed by atoms with E-state index in [1.165, 1.54) is 24.3 Å². The number of aryl methyl sites for hydroxylation is 1. The van der Waals surface area contributed by atoms with Crippen LogP contribution in [-0.4, -0.2) is 9.36 Å². The molecule has 0 aliphatic heterocycles. The van der Waals surface area contributed by atoms with Crippen molar-refractivity contribution >= 4 is 11.5 Å². The van der Waals surface area contributed by atoms with Gasteiger partial charge in [0.2, 0.25) is 0 Å². The van der Waals surface area contributed by atoms with E-state index in [1.54, 1.807) is 11.5 Å². The molecule has 1 fully saturated rings. The van der Waals surface area contributed by atoms with E-state index in [9.17, 15) is 0 Å². The van der Waals surface area contributed by atoms with Crippen molar-refractivity contribution in [1.82, 2.24) is 9.36 Å². The Labute approximate surface area is 64.5 Å². The van der Waals surface area contributed by atoms with Crippen molar-refractivity contribution in [2.75, 3.05) is 0 Å². The Kier molecular flexibility index (Phi) is 1.45. The van der Waals surface area contributed by atoms with Crippen LogP contribution < -0.4 is 0 Å². The summed E-state index contributed by atoms with van der Waals surface area (Å²) in [4.78, 5) is 4.34. The molecular formula is C7H10N2S. The summed E-state index contributed by atoms with van der Waals surface area (Å²) in [5.41, 5.74) is 0. The monoisotopic (exact) mass is 154 g/mol. The van der Waals surface area contributed by atoms with E-state index in [0.29, 0.717) is 0 Å².